The van der Waals surface area contributed by atoms with Gasteiger partial charge in [-0.2, -0.15) is 4.31 Å². The van der Waals surface area contributed by atoms with Crippen molar-refractivity contribution in [1.29, 1.82) is 0 Å². The van der Waals surface area contributed by atoms with Crippen LogP contribution < -0.4 is 4.90 Å². The molecule has 200 valence electrons. The van der Waals surface area contributed by atoms with Crippen LogP contribution in [0.25, 0.3) is 0 Å². The highest BCUT2D eigenvalue weighted by Gasteiger charge is 2.59. The first-order valence-corrected chi connectivity index (χ1v) is 14.1. The molecule has 0 bridgehead atoms. The maximum Gasteiger partial charge on any atom is 0.315 e. The summed E-state index contributed by atoms with van der Waals surface area (Å²) in [6, 6.07) is 8.51. The molecule has 3 fully saturated rings. The van der Waals surface area contributed by atoms with Gasteiger partial charge in [0.05, 0.1) is 17.9 Å². The molecule has 11 nitrogen and oxygen atoms in total. The fraction of sp³-hybridized carbons (Fsp3) is 0.560. The van der Waals surface area contributed by atoms with Crippen LogP contribution in [0.4, 0.5) is 5.69 Å². The van der Waals surface area contributed by atoms with E-state index in [1.54, 1.807) is 0 Å². The molecule has 1 unspecified atom stereocenters. The van der Waals surface area contributed by atoms with Gasteiger partial charge in [0.25, 0.3) is 22.3 Å². The molecule has 1 N–H and O–H groups in total. The Bertz CT molecular complexity index is 1200. The zero-order chi connectivity index (χ0) is 26.1. The lowest BCUT2D eigenvalue weighted by Gasteiger charge is -2.38. The summed E-state index contributed by atoms with van der Waals surface area (Å²) in [6.07, 6.45) is 3.81. The number of piperidine rings is 1. The van der Waals surface area contributed by atoms with E-state index < -0.39 is 27.2 Å². The minimum Gasteiger partial charge on any atom is -0.425 e. The second-order valence-electron chi connectivity index (χ2n) is 10.2. The summed E-state index contributed by atoms with van der Waals surface area (Å²) < 4.78 is 38.2. The molecule has 37 heavy (non-hydrogen) atoms. The molecule has 3 aliphatic rings. The number of cyclic esters (lactones) is 1. The maximum atomic E-state index is 13.1. The largest absolute Gasteiger partial charge is 0.425 e. The lowest BCUT2D eigenvalue weighted by Crippen LogP contribution is -2.48. The van der Waals surface area contributed by atoms with Crippen molar-refractivity contribution in [2.45, 2.75) is 43.4 Å². The smallest absolute Gasteiger partial charge is 0.315 e. The number of aromatic nitrogens is 2. The molecule has 1 atom stereocenters. The van der Waals surface area contributed by atoms with E-state index in [9.17, 15) is 18.0 Å². The average Bonchev–Trinajstić information content (AvgIpc) is 3.53. The Morgan fingerprint density at radius 2 is 1.81 bits per heavy atom. The summed E-state index contributed by atoms with van der Waals surface area (Å²) >= 11 is 0. The highest BCUT2D eigenvalue weighted by molar-refractivity contribution is 7.89. The standard InChI is InChI=1S/C25H33N5O6S/c1-20-2-4-21(5-3-20)29-14-12-28(13-15-29)9-8-25(35-19-31)17-24(23(32)36-25)6-10-30(11-7-24)37(33,34)22-16-26-18-27-22/h2-5,16,18-19H,6-15,17H2,1H3,(H,26,27). The summed E-state index contributed by atoms with van der Waals surface area (Å²) in [5.74, 6) is -1.74. The number of imidazole rings is 1. The Kier molecular flexibility index (Phi) is 6.99. The van der Waals surface area contributed by atoms with Crippen molar-refractivity contribution in [3.05, 3.63) is 42.4 Å². The number of piperazine rings is 1. The predicted molar refractivity (Wildman–Crippen MR) is 134 cm³/mol. The van der Waals surface area contributed by atoms with E-state index in [1.807, 2.05) is 0 Å². The van der Waals surface area contributed by atoms with Crippen LogP contribution in [0.5, 0.6) is 0 Å². The van der Waals surface area contributed by atoms with Crippen LogP contribution in [-0.2, 0) is 29.1 Å². The number of carbonyl (C=O) groups is 2. The molecule has 0 radical (unpaired) electrons. The molecule has 1 aromatic heterocycles. The van der Waals surface area contributed by atoms with Crippen molar-refractivity contribution in [2.75, 3.05) is 50.7 Å². The van der Waals surface area contributed by atoms with Gasteiger partial charge in [0.2, 0.25) is 0 Å². The van der Waals surface area contributed by atoms with Crippen molar-refractivity contribution in [3.8, 4) is 0 Å². The number of sulfonamides is 1. The van der Waals surface area contributed by atoms with E-state index in [4.69, 9.17) is 9.47 Å². The van der Waals surface area contributed by atoms with Gasteiger partial charge < -0.3 is 19.4 Å². The number of aromatic amines is 1. The number of hydrogen-bond donors (Lipinski definition) is 1. The molecule has 4 heterocycles. The number of H-pyrrole nitrogens is 1. The first-order valence-electron chi connectivity index (χ1n) is 12.6. The SMILES string of the molecule is Cc1ccc(N2CCN(CCC3(OC=O)CC4(CCN(S(=O)(=O)c5cnc[nH]5)CC4)C(=O)O3)CC2)cc1. The number of hydrogen-bond acceptors (Lipinski definition) is 9. The lowest BCUT2D eigenvalue weighted by molar-refractivity contribution is -0.207. The van der Waals surface area contributed by atoms with E-state index in [0.29, 0.717) is 32.3 Å². The van der Waals surface area contributed by atoms with Gasteiger partial charge in [0.15, 0.2) is 5.03 Å². The second-order valence-corrected chi connectivity index (χ2v) is 12.1. The molecule has 3 aliphatic heterocycles. The third-order valence-corrected chi connectivity index (χ3v) is 9.76. The lowest BCUT2D eigenvalue weighted by atomic mass is 9.75. The van der Waals surface area contributed by atoms with Crippen molar-refractivity contribution in [2.24, 2.45) is 5.41 Å². The molecule has 0 saturated carbocycles. The minimum atomic E-state index is -3.71. The minimum absolute atomic E-state index is 0.0264. The third kappa shape index (κ3) is 5.10. The molecule has 12 heteroatoms. The Hall–Kier alpha value is -2.96. The van der Waals surface area contributed by atoms with E-state index in [2.05, 4.69) is 51.0 Å². The van der Waals surface area contributed by atoms with Crippen LogP contribution in [0.3, 0.4) is 0 Å². The summed E-state index contributed by atoms with van der Waals surface area (Å²) in [4.78, 5) is 35.6. The van der Waals surface area contributed by atoms with Gasteiger partial charge in [-0.05, 0) is 31.9 Å². The number of benzene rings is 1. The quantitative estimate of drug-likeness (QED) is 0.399. The zero-order valence-electron chi connectivity index (χ0n) is 21.0. The fourth-order valence-electron chi connectivity index (χ4n) is 5.63. The Morgan fingerprint density at radius 3 is 2.43 bits per heavy atom. The second kappa shape index (κ2) is 10.1. The van der Waals surface area contributed by atoms with Crippen LogP contribution >= 0.6 is 0 Å². The van der Waals surface area contributed by atoms with Gasteiger partial charge in [0.1, 0.15) is 0 Å². The average molecular weight is 532 g/mol. The molecule has 1 spiro atoms. The monoisotopic (exact) mass is 531 g/mol. The van der Waals surface area contributed by atoms with Gasteiger partial charge in [0, 0.05) is 64.3 Å². The molecular weight excluding hydrogens is 498 g/mol. The highest BCUT2D eigenvalue weighted by atomic mass is 32.2. The number of nitrogens with one attached hydrogen (secondary N) is 1. The number of rotatable bonds is 8. The van der Waals surface area contributed by atoms with Crippen molar-refractivity contribution in [3.63, 3.8) is 0 Å². The zero-order valence-corrected chi connectivity index (χ0v) is 21.8. The number of nitrogens with zero attached hydrogens (tertiary/aromatic N) is 4. The number of anilines is 1. The van der Waals surface area contributed by atoms with Crippen molar-refractivity contribution < 1.29 is 27.5 Å². The Balaban J connectivity index is 1.18. The first kappa shape index (κ1) is 25.7. The topological polar surface area (TPSA) is 125 Å². The van der Waals surface area contributed by atoms with Crippen LogP contribution in [0, 0.1) is 12.3 Å². The van der Waals surface area contributed by atoms with Gasteiger partial charge in [-0.25, -0.2) is 13.4 Å². The fourth-order valence-corrected chi connectivity index (χ4v) is 6.96. The van der Waals surface area contributed by atoms with Crippen LogP contribution in [0.1, 0.15) is 31.2 Å². The van der Waals surface area contributed by atoms with E-state index in [-0.39, 0.29) is 24.5 Å². The Morgan fingerprint density at radius 1 is 1.11 bits per heavy atom. The van der Waals surface area contributed by atoms with Crippen molar-refractivity contribution in [1.82, 2.24) is 19.2 Å². The molecule has 3 saturated heterocycles. The molecule has 2 aromatic rings. The summed E-state index contributed by atoms with van der Waals surface area (Å²) in [6.45, 7) is 6.87. The molecule has 0 aliphatic carbocycles. The normalized spacial score (nSPS) is 24.8. The first-order chi connectivity index (χ1) is 17.8. The van der Waals surface area contributed by atoms with Crippen LogP contribution in [0.2, 0.25) is 0 Å². The predicted octanol–water partition coefficient (Wildman–Crippen LogP) is 1.52. The van der Waals surface area contributed by atoms with Crippen molar-refractivity contribution >= 4 is 28.2 Å². The van der Waals surface area contributed by atoms with E-state index in [1.165, 1.54) is 28.1 Å². The summed E-state index contributed by atoms with van der Waals surface area (Å²) in [7, 11) is -3.71. The summed E-state index contributed by atoms with van der Waals surface area (Å²) in [5, 5.41) is 0.0264. The molecule has 0 amide bonds. The van der Waals surface area contributed by atoms with Gasteiger partial charge >= 0.3 is 5.97 Å². The van der Waals surface area contributed by atoms with E-state index in [0.717, 1.165) is 26.2 Å². The number of aryl methyl sites for hydroxylation is 1. The highest BCUT2D eigenvalue weighted by Crippen LogP contribution is 2.49. The number of carbonyl (C=O) groups excluding carboxylic acids is 2. The Labute approximate surface area is 216 Å². The molecular formula is C25H33N5O6S. The van der Waals surface area contributed by atoms with Gasteiger partial charge in [-0.15, -0.1) is 0 Å². The molecule has 5 rings (SSSR count). The molecule has 1 aromatic carbocycles. The van der Waals surface area contributed by atoms with Crippen LogP contribution in [0.15, 0.2) is 41.8 Å². The maximum absolute atomic E-state index is 13.1. The van der Waals surface area contributed by atoms with Crippen LogP contribution in [-0.4, -0.2) is 91.6 Å². The van der Waals surface area contributed by atoms with Gasteiger partial charge in [-0.1, -0.05) is 17.7 Å². The summed E-state index contributed by atoms with van der Waals surface area (Å²) in [5.41, 5.74) is 1.57. The van der Waals surface area contributed by atoms with Gasteiger partial charge in [-0.3, -0.25) is 14.5 Å². The third-order valence-electron chi connectivity index (χ3n) is 7.93. The number of ether oxygens (including phenoxy) is 2. The van der Waals surface area contributed by atoms with E-state index >= 15 is 0 Å². The number of esters is 1.